The van der Waals surface area contributed by atoms with Crippen molar-refractivity contribution in [2.45, 2.75) is 13.1 Å². The van der Waals surface area contributed by atoms with E-state index in [0.717, 1.165) is 22.7 Å². The maximum Gasteiger partial charge on any atom is 0.324 e. The van der Waals surface area contributed by atoms with Crippen molar-refractivity contribution in [3.63, 3.8) is 0 Å². The van der Waals surface area contributed by atoms with E-state index in [9.17, 15) is 10.1 Å². The van der Waals surface area contributed by atoms with Crippen molar-refractivity contribution >= 4 is 16.3 Å². The smallest absolute Gasteiger partial charge is 0.324 e. The number of hydrogen-bond donors (Lipinski definition) is 1. The Morgan fingerprint density at radius 2 is 1.95 bits per heavy atom. The third kappa shape index (κ3) is 3.77. The summed E-state index contributed by atoms with van der Waals surface area (Å²) in [5.74, 6) is 0.831. The lowest BCUT2D eigenvalue weighted by atomic mass is 10.2. The molecule has 2 aromatic rings. The molecular weight excluding hydrogens is 264 g/mol. The van der Waals surface area contributed by atoms with Crippen LogP contribution >= 0.6 is 11.3 Å². The average molecular weight is 278 g/mol. The maximum absolute atomic E-state index is 10.6. The lowest BCUT2D eigenvalue weighted by Crippen LogP contribution is -2.11. The van der Waals surface area contributed by atoms with Gasteiger partial charge in [-0.15, -0.1) is 0 Å². The second-order valence-corrected chi connectivity index (χ2v) is 5.10. The highest BCUT2D eigenvalue weighted by atomic mass is 32.1. The van der Waals surface area contributed by atoms with Gasteiger partial charge in [-0.25, -0.2) is 0 Å². The molecule has 0 aliphatic heterocycles. The molecule has 2 rings (SSSR count). The summed E-state index contributed by atoms with van der Waals surface area (Å²) < 4.78 is 5.09. The summed E-state index contributed by atoms with van der Waals surface area (Å²) >= 11 is 1.20. The highest BCUT2D eigenvalue weighted by Gasteiger charge is 2.08. The third-order valence-corrected chi connectivity index (χ3v) is 3.65. The highest BCUT2D eigenvalue weighted by Crippen LogP contribution is 2.23. The minimum atomic E-state index is -0.363. The topological polar surface area (TPSA) is 64.4 Å². The zero-order valence-corrected chi connectivity index (χ0v) is 11.3. The van der Waals surface area contributed by atoms with Crippen molar-refractivity contribution in [2.24, 2.45) is 0 Å². The number of methoxy groups -OCH3 is 1. The van der Waals surface area contributed by atoms with Crippen LogP contribution in [0.4, 0.5) is 5.00 Å². The van der Waals surface area contributed by atoms with Crippen LogP contribution in [0.5, 0.6) is 5.75 Å². The van der Waals surface area contributed by atoms with Crippen molar-refractivity contribution < 1.29 is 9.66 Å². The molecule has 0 fully saturated rings. The fourth-order valence-corrected chi connectivity index (χ4v) is 2.42. The number of nitrogens with zero attached hydrogens (tertiary/aromatic N) is 1. The van der Waals surface area contributed by atoms with Crippen LogP contribution in [0.1, 0.15) is 10.4 Å². The van der Waals surface area contributed by atoms with Crippen LogP contribution in [0.25, 0.3) is 0 Å². The van der Waals surface area contributed by atoms with Crippen LogP contribution in [0.2, 0.25) is 0 Å². The van der Waals surface area contributed by atoms with Gasteiger partial charge in [0.15, 0.2) is 0 Å². The Morgan fingerprint density at radius 3 is 2.53 bits per heavy atom. The highest BCUT2D eigenvalue weighted by molar-refractivity contribution is 7.15. The third-order valence-electron chi connectivity index (χ3n) is 2.61. The summed E-state index contributed by atoms with van der Waals surface area (Å²) in [6.07, 6.45) is 0. The predicted octanol–water partition coefficient (Wildman–Crippen LogP) is 2.95. The first-order chi connectivity index (χ1) is 9.19. The van der Waals surface area contributed by atoms with Crippen LogP contribution in [0.3, 0.4) is 0 Å². The maximum atomic E-state index is 10.6. The molecule has 0 saturated carbocycles. The van der Waals surface area contributed by atoms with Crippen LogP contribution in [-0.4, -0.2) is 12.0 Å². The monoisotopic (exact) mass is 278 g/mol. The lowest BCUT2D eigenvalue weighted by molar-refractivity contribution is -0.380. The largest absolute Gasteiger partial charge is 0.497 e. The van der Waals surface area contributed by atoms with Gasteiger partial charge < -0.3 is 10.1 Å². The van der Waals surface area contributed by atoms with Crippen LogP contribution in [0.15, 0.2) is 36.4 Å². The molecule has 1 aromatic heterocycles. The number of nitrogens with one attached hydrogen (secondary N) is 1. The Hall–Kier alpha value is -1.92. The van der Waals surface area contributed by atoms with Gasteiger partial charge in [0.2, 0.25) is 0 Å². The van der Waals surface area contributed by atoms with Gasteiger partial charge in [-0.2, -0.15) is 0 Å². The first kappa shape index (κ1) is 13.5. The van der Waals surface area contributed by atoms with E-state index >= 15 is 0 Å². The molecule has 0 atom stereocenters. The van der Waals surface area contributed by atoms with Crippen molar-refractivity contribution in [1.82, 2.24) is 5.32 Å². The second kappa shape index (κ2) is 6.31. The summed E-state index contributed by atoms with van der Waals surface area (Å²) in [4.78, 5) is 11.1. The normalized spacial score (nSPS) is 10.4. The molecule has 0 amide bonds. The van der Waals surface area contributed by atoms with Gasteiger partial charge >= 0.3 is 5.00 Å². The fourth-order valence-electron chi connectivity index (χ4n) is 1.63. The van der Waals surface area contributed by atoms with E-state index < -0.39 is 0 Å². The van der Waals surface area contributed by atoms with Crippen molar-refractivity contribution in [2.75, 3.05) is 7.11 Å². The molecule has 0 unspecified atom stereocenters. The quantitative estimate of drug-likeness (QED) is 0.651. The van der Waals surface area contributed by atoms with Gasteiger partial charge in [0.1, 0.15) is 5.75 Å². The Morgan fingerprint density at radius 1 is 1.21 bits per heavy atom. The fraction of sp³-hybridized carbons (Fsp3) is 0.231. The second-order valence-electron chi connectivity index (χ2n) is 3.95. The average Bonchev–Trinajstić information content (AvgIpc) is 2.89. The van der Waals surface area contributed by atoms with Gasteiger partial charge in [-0.3, -0.25) is 10.1 Å². The van der Waals surface area contributed by atoms with Crippen LogP contribution in [-0.2, 0) is 13.1 Å². The van der Waals surface area contributed by atoms with Crippen molar-refractivity contribution in [1.29, 1.82) is 0 Å². The number of thiophene rings is 1. The molecule has 0 aliphatic rings. The molecule has 0 bridgehead atoms. The molecule has 0 radical (unpaired) electrons. The summed E-state index contributed by atoms with van der Waals surface area (Å²) in [6.45, 7) is 1.35. The van der Waals surface area contributed by atoms with E-state index in [4.69, 9.17) is 4.74 Å². The molecular formula is C13H14N2O3S. The number of hydrogen-bond acceptors (Lipinski definition) is 5. The minimum absolute atomic E-state index is 0.182. The summed E-state index contributed by atoms with van der Waals surface area (Å²) in [5, 5.41) is 14.0. The van der Waals surface area contributed by atoms with E-state index in [2.05, 4.69) is 5.32 Å². The zero-order chi connectivity index (χ0) is 13.7. The summed E-state index contributed by atoms with van der Waals surface area (Å²) in [6, 6.07) is 11.1. The van der Waals surface area contributed by atoms with Gasteiger partial charge in [-0.05, 0) is 23.8 Å². The van der Waals surface area contributed by atoms with E-state index in [1.165, 1.54) is 17.4 Å². The van der Waals surface area contributed by atoms with E-state index in [1.54, 1.807) is 13.2 Å². The van der Waals surface area contributed by atoms with Gasteiger partial charge in [-0.1, -0.05) is 23.5 Å². The molecule has 0 aliphatic carbocycles. The number of benzene rings is 1. The van der Waals surface area contributed by atoms with Crippen LogP contribution in [0, 0.1) is 10.1 Å². The zero-order valence-electron chi connectivity index (χ0n) is 10.5. The molecule has 0 saturated heterocycles. The molecule has 100 valence electrons. The predicted molar refractivity (Wildman–Crippen MR) is 74.5 cm³/mol. The molecule has 5 nitrogen and oxygen atoms in total. The minimum Gasteiger partial charge on any atom is -0.497 e. The van der Waals surface area contributed by atoms with Crippen molar-refractivity contribution in [3.05, 3.63) is 57.0 Å². The Kier molecular flexibility index (Phi) is 4.48. The van der Waals surface area contributed by atoms with Crippen molar-refractivity contribution in [3.8, 4) is 5.75 Å². The standard InChI is InChI=1S/C13H14N2O3S/c1-18-11-4-2-10(3-5-11)8-14-9-12-6-7-13(19-12)15(16)17/h2-7,14H,8-9H2,1H3. The first-order valence-corrected chi connectivity index (χ1v) is 6.57. The molecule has 0 spiro atoms. The van der Waals surface area contributed by atoms with Gasteiger partial charge in [0.05, 0.1) is 12.0 Å². The molecule has 19 heavy (non-hydrogen) atoms. The van der Waals surface area contributed by atoms with E-state index in [0.29, 0.717) is 6.54 Å². The van der Waals surface area contributed by atoms with Gasteiger partial charge in [0, 0.05) is 24.0 Å². The van der Waals surface area contributed by atoms with Crippen LogP contribution < -0.4 is 10.1 Å². The molecule has 1 N–H and O–H groups in total. The Balaban J connectivity index is 1.83. The molecule has 1 heterocycles. The Labute approximate surface area is 115 Å². The summed E-state index contributed by atoms with van der Waals surface area (Å²) in [5.41, 5.74) is 1.15. The first-order valence-electron chi connectivity index (χ1n) is 5.76. The number of nitro groups is 1. The molecule has 1 aromatic carbocycles. The molecule has 6 heteroatoms. The lowest BCUT2D eigenvalue weighted by Gasteiger charge is -2.04. The Bertz CT molecular complexity index is 551. The van der Waals surface area contributed by atoms with Gasteiger partial charge in [0.25, 0.3) is 0 Å². The van der Waals surface area contributed by atoms with E-state index in [-0.39, 0.29) is 9.92 Å². The number of rotatable bonds is 6. The summed E-state index contributed by atoms with van der Waals surface area (Å²) in [7, 11) is 1.64. The SMILES string of the molecule is COc1ccc(CNCc2ccc([N+](=O)[O-])s2)cc1. The number of ether oxygens (including phenoxy) is 1. The van der Waals surface area contributed by atoms with E-state index in [1.807, 2.05) is 24.3 Å².